The summed E-state index contributed by atoms with van der Waals surface area (Å²) in [5.74, 6) is 0. The van der Waals surface area contributed by atoms with Gasteiger partial charge in [-0.25, -0.2) is 0 Å². The molecule has 0 saturated heterocycles. The first kappa shape index (κ1) is 193. The third-order valence-corrected chi connectivity index (χ3v) is 0. The van der Waals surface area contributed by atoms with E-state index in [1.165, 1.54) is 0 Å². The molecule has 1 unspecified atom stereocenters. The third kappa shape index (κ3) is 55.1. The largest absolute Gasteiger partial charge is 3.00 e. The van der Waals surface area contributed by atoms with E-state index in [4.69, 9.17) is 0 Å². The summed E-state index contributed by atoms with van der Waals surface area (Å²) in [6, 6.07) is 0. The second-order valence-corrected chi connectivity index (χ2v) is 0. The molecule has 35 valence electrons. The van der Waals surface area contributed by atoms with Crippen molar-refractivity contribution in [2.24, 2.45) is 0 Å². The predicted molar refractivity (Wildman–Crippen MR) is 17.3 cm³/mol. The number of hydrogen-bond acceptors (Lipinski definition) is 1. The van der Waals surface area contributed by atoms with E-state index in [0.29, 0.717) is 0 Å². The first-order chi connectivity index (χ1) is 0. The predicted octanol–water partition coefficient (Wildman–Crippen LogP) is -1.06. The van der Waals surface area contributed by atoms with Crippen molar-refractivity contribution in [3.8, 4) is 0 Å². The molecule has 0 heterocycles. The van der Waals surface area contributed by atoms with Crippen molar-refractivity contribution in [2.75, 3.05) is 0 Å². The first-order valence-electron chi connectivity index (χ1n) is 0. The topological polar surface area (TPSA) is 90.0 Å². The summed E-state index contributed by atoms with van der Waals surface area (Å²) in [5, 5.41) is 0. The normalized spacial score (nSPS) is 0. The van der Waals surface area contributed by atoms with Gasteiger partial charge in [0.25, 0.3) is 0 Å². The molecule has 0 spiro atoms. The number of rotatable bonds is 0. The molecule has 0 aromatic rings. The first-order valence-corrected chi connectivity index (χ1v) is 0. The Balaban J connectivity index is 0. The van der Waals surface area contributed by atoms with Crippen LogP contribution in [0.15, 0.2) is 0 Å². The third-order valence-electron chi connectivity index (χ3n) is 0. The molecule has 0 aliphatic rings. The van der Waals surface area contributed by atoms with Gasteiger partial charge in [-0.15, -0.1) is 0 Å². The van der Waals surface area contributed by atoms with Gasteiger partial charge in [-0.2, -0.15) is 9.90 Å². The van der Waals surface area contributed by atoms with E-state index in [0.717, 1.165) is 0 Å². The monoisotopic (exact) mass is 137 g/mol. The van der Waals surface area contributed by atoms with Crippen LogP contribution >= 0.6 is 9.90 Å². The van der Waals surface area contributed by atoms with E-state index >= 15 is 0 Å². The van der Waals surface area contributed by atoms with Crippen molar-refractivity contribution in [2.45, 2.75) is 0 Å². The van der Waals surface area contributed by atoms with Crippen molar-refractivity contribution in [1.29, 1.82) is 0 Å². The molecule has 3 nitrogen and oxygen atoms in total. The molecular formula is H6CrO3P. The Morgan fingerprint density at radius 3 is 1.00 bits per heavy atom. The maximum absolute atomic E-state index is 0. The molecule has 5 heteroatoms. The second kappa shape index (κ2) is 101. The van der Waals surface area contributed by atoms with Crippen LogP contribution in [0.4, 0.5) is 0 Å². The standard InChI is InChI=1S/Cr.2H2O.O.H3P/h;2*1H2;;1H3/q+3;;;-2;/p-1. The van der Waals surface area contributed by atoms with E-state index in [1.54, 1.807) is 0 Å². The van der Waals surface area contributed by atoms with Crippen LogP contribution in [0, 0.1) is 0 Å². The van der Waals surface area contributed by atoms with Gasteiger partial charge in [0.2, 0.25) is 0 Å². The van der Waals surface area contributed by atoms with E-state index in [-0.39, 0.29) is 43.7 Å². The zero-order valence-corrected chi connectivity index (χ0v) is 5.16. The molecule has 0 amide bonds. The SMILES string of the molecule is O.P.[Cr+3].[O-2].[OH-]. The maximum Gasteiger partial charge on any atom is 3.00 e. The summed E-state index contributed by atoms with van der Waals surface area (Å²) in [6.45, 7) is 0. The molecule has 0 aromatic heterocycles. The van der Waals surface area contributed by atoms with Gasteiger partial charge in [0, 0.05) is 0 Å². The summed E-state index contributed by atoms with van der Waals surface area (Å²) in [4.78, 5) is 0. The maximum atomic E-state index is 0. The van der Waals surface area contributed by atoms with Gasteiger partial charge in [-0.05, 0) is 0 Å². The van der Waals surface area contributed by atoms with Gasteiger partial charge in [-0.3, -0.25) is 0 Å². The quantitative estimate of drug-likeness (QED) is 0.391. The van der Waals surface area contributed by atoms with Crippen LogP contribution in [0.1, 0.15) is 0 Å². The number of hydrogen-bond donors (Lipinski definition) is 0. The molecule has 1 atom stereocenters. The summed E-state index contributed by atoms with van der Waals surface area (Å²) in [5.41, 5.74) is 0. The fourth-order valence-electron chi connectivity index (χ4n) is 0. The van der Waals surface area contributed by atoms with E-state index in [1.807, 2.05) is 0 Å². The van der Waals surface area contributed by atoms with Gasteiger partial charge < -0.3 is 16.4 Å². The van der Waals surface area contributed by atoms with Gasteiger partial charge in [-0.1, -0.05) is 0 Å². The van der Waals surface area contributed by atoms with Crippen molar-refractivity contribution in [3.63, 3.8) is 0 Å². The zero-order chi connectivity index (χ0) is 0. The molecule has 0 bridgehead atoms. The fourth-order valence-corrected chi connectivity index (χ4v) is 0. The molecule has 0 aliphatic carbocycles. The Morgan fingerprint density at radius 2 is 1.00 bits per heavy atom. The second-order valence-electron chi connectivity index (χ2n) is 0. The van der Waals surface area contributed by atoms with Crippen LogP contribution in [0.5, 0.6) is 0 Å². The molecular weight excluding hydrogens is 131 g/mol. The average molecular weight is 137 g/mol. The summed E-state index contributed by atoms with van der Waals surface area (Å²) < 4.78 is 0. The van der Waals surface area contributed by atoms with Crippen LogP contribution in [0.25, 0.3) is 0 Å². The van der Waals surface area contributed by atoms with Crippen molar-refractivity contribution >= 4 is 9.90 Å². The van der Waals surface area contributed by atoms with Crippen LogP contribution in [-0.2, 0) is 22.8 Å². The molecule has 0 fully saturated rings. The molecule has 5 heavy (non-hydrogen) atoms. The van der Waals surface area contributed by atoms with Gasteiger partial charge in [0.15, 0.2) is 0 Å². The minimum absolute atomic E-state index is 0. The van der Waals surface area contributed by atoms with Crippen LogP contribution in [0.3, 0.4) is 0 Å². The smallest absolute Gasteiger partial charge is 2.00 e. The molecule has 0 aromatic carbocycles. The van der Waals surface area contributed by atoms with Crippen molar-refractivity contribution < 1.29 is 33.8 Å². The minimum atomic E-state index is 0. The van der Waals surface area contributed by atoms with Crippen LogP contribution < -0.4 is 0 Å². The summed E-state index contributed by atoms with van der Waals surface area (Å²) in [6.07, 6.45) is 0. The molecule has 0 saturated carbocycles. The van der Waals surface area contributed by atoms with Crippen LogP contribution in [-0.4, -0.2) is 11.0 Å². The molecule has 1 radical (unpaired) electrons. The minimum Gasteiger partial charge on any atom is -2.00 e. The van der Waals surface area contributed by atoms with Crippen LogP contribution in [0.2, 0.25) is 0 Å². The summed E-state index contributed by atoms with van der Waals surface area (Å²) >= 11 is 0. The van der Waals surface area contributed by atoms with Gasteiger partial charge in [0.05, 0.1) is 0 Å². The average Bonchev–Trinajstić information content (AvgIpc) is 0. The van der Waals surface area contributed by atoms with Crippen molar-refractivity contribution in [1.82, 2.24) is 0 Å². The Labute approximate surface area is 44.4 Å². The van der Waals surface area contributed by atoms with Crippen molar-refractivity contribution in [3.05, 3.63) is 0 Å². The molecule has 3 N–H and O–H groups in total. The van der Waals surface area contributed by atoms with Gasteiger partial charge >= 0.3 is 17.4 Å². The van der Waals surface area contributed by atoms with E-state index < -0.39 is 0 Å². The Bertz CT molecular complexity index is 6.85. The molecule has 0 aliphatic heterocycles. The van der Waals surface area contributed by atoms with E-state index in [2.05, 4.69) is 0 Å². The summed E-state index contributed by atoms with van der Waals surface area (Å²) in [7, 11) is 0. The fraction of sp³-hybridized carbons (Fsp3) is 0. The van der Waals surface area contributed by atoms with E-state index in [9.17, 15) is 0 Å². The molecule has 0 rings (SSSR count). The Hall–Kier alpha value is 0.842. The Morgan fingerprint density at radius 1 is 1.00 bits per heavy atom. The Kier molecular flexibility index (Phi) is 3890. The zero-order valence-electron chi connectivity index (χ0n) is 2.47. The van der Waals surface area contributed by atoms with Gasteiger partial charge in [0.1, 0.15) is 0 Å².